The molecular formula is C12H21BrIN3O2S2. The smallest absolute Gasteiger partial charge is 0.191 e. The van der Waals surface area contributed by atoms with Crippen LogP contribution in [0.1, 0.15) is 18.2 Å². The highest BCUT2D eigenvalue weighted by Crippen LogP contribution is 2.19. The molecular weight excluding hydrogens is 489 g/mol. The first-order valence-corrected chi connectivity index (χ1v) is 9.91. The fourth-order valence-electron chi connectivity index (χ4n) is 1.51. The average molecular weight is 510 g/mol. The van der Waals surface area contributed by atoms with Gasteiger partial charge in [0, 0.05) is 34.1 Å². The molecule has 1 atom stereocenters. The highest BCUT2D eigenvalue weighted by atomic mass is 127. The molecule has 9 heteroatoms. The summed E-state index contributed by atoms with van der Waals surface area (Å²) in [7, 11) is -1.22. The van der Waals surface area contributed by atoms with Crippen molar-refractivity contribution in [3.63, 3.8) is 0 Å². The first-order chi connectivity index (χ1) is 9.30. The average Bonchev–Trinajstić information content (AvgIpc) is 2.77. The highest BCUT2D eigenvalue weighted by molar-refractivity contribution is 14.0. The molecule has 0 saturated heterocycles. The first-order valence-electron chi connectivity index (χ1n) is 6.18. The number of nitrogens with one attached hydrogen (secondary N) is 2. The van der Waals surface area contributed by atoms with Crippen molar-refractivity contribution >= 4 is 67.0 Å². The van der Waals surface area contributed by atoms with Gasteiger partial charge in [-0.25, -0.2) is 8.42 Å². The van der Waals surface area contributed by atoms with E-state index in [0.29, 0.717) is 18.9 Å². The number of guanidine groups is 1. The third-order valence-electron chi connectivity index (χ3n) is 2.58. The second-order valence-electron chi connectivity index (χ2n) is 4.62. The van der Waals surface area contributed by atoms with Gasteiger partial charge in [-0.1, -0.05) is 0 Å². The summed E-state index contributed by atoms with van der Waals surface area (Å²) in [5, 5.41) is 8.42. The fraction of sp³-hybridized carbons (Fsp3) is 0.583. The van der Waals surface area contributed by atoms with Crippen LogP contribution in [0.3, 0.4) is 0 Å². The van der Waals surface area contributed by atoms with Gasteiger partial charge in [-0.3, -0.25) is 4.99 Å². The van der Waals surface area contributed by atoms with Gasteiger partial charge in [0.2, 0.25) is 0 Å². The van der Waals surface area contributed by atoms with E-state index in [0.717, 1.165) is 4.47 Å². The van der Waals surface area contributed by atoms with E-state index in [2.05, 4.69) is 37.6 Å². The molecule has 0 aliphatic rings. The van der Waals surface area contributed by atoms with E-state index >= 15 is 0 Å². The molecule has 1 rings (SSSR count). The number of halogens is 2. The molecule has 0 saturated carbocycles. The lowest BCUT2D eigenvalue weighted by atomic mass is 10.3. The van der Waals surface area contributed by atoms with Crippen molar-refractivity contribution in [2.24, 2.45) is 4.99 Å². The number of rotatable bonds is 6. The van der Waals surface area contributed by atoms with Crippen LogP contribution in [0.4, 0.5) is 0 Å². The van der Waals surface area contributed by atoms with Crippen molar-refractivity contribution in [1.82, 2.24) is 10.6 Å². The zero-order chi connectivity index (χ0) is 15.2. The second kappa shape index (κ2) is 10.0. The molecule has 1 aromatic rings. The zero-order valence-corrected chi connectivity index (χ0v) is 17.8. The van der Waals surface area contributed by atoms with Crippen LogP contribution in [-0.4, -0.2) is 39.5 Å². The molecule has 5 nitrogen and oxygen atoms in total. The van der Waals surface area contributed by atoms with Crippen LogP contribution in [-0.2, 0) is 16.4 Å². The summed E-state index contributed by atoms with van der Waals surface area (Å²) in [4.78, 5) is 5.33. The Morgan fingerprint density at radius 1 is 1.52 bits per heavy atom. The molecule has 0 fully saturated rings. The number of nitrogens with zero attached hydrogens (tertiary/aromatic N) is 1. The summed E-state index contributed by atoms with van der Waals surface area (Å²) >= 11 is 5.08. The van der Waals surface area contributed by atoms with Gasteiger partial charge in [-0.15, -0.1) is 35.3 Å². The Labute approximate surface area is 156 Å². The van der Waals surface area contributed by atoms with Crippen LogP contribution in [0.25, 0.3) is 0 Å². The minimum absolute atomic E-state index is 0. The SMILES string of the molecule is CN=C(NCc1cc(Br)cs1)NC(C)CCS(C)(=O)=O.I. The van der Waals surface area contributed by atoms with Gasteiger partial charge in [-0.05, 0) is 35.3 Å². The molecule has 0 aromatic carbocycles. The molecule has 1 unspecified atom stereocenters. The van der Waals surface area contributed by atoms with E-state index in [4.69, 9.17) is 0 Å². The zero-order valence-electron chi connectivity index (χ0n) is 12.2. The monoisotopic (exact) mass is 509 g/mol. The third-order valence-corrected chi connectivity index (χ3v) is 5.26. The third kappa shape index (κ3) is 9.69. The normalized spacial score (nSPS) is 13.4. The Balaban J connectivity index is 0.00000400. The number of hydrogen-bond donors (Lipinski definition) is 2. The maximum atomic E-state index is 11.1. The quantitative estimate of drug-likeness (QED) is 0.351. The molecule has 0 spiro atoms. The number of sulfone groups is 1. The molecule has 0 amide bonds. The van der Waals surface area contributed by atoms with Crippen molar-refractivity contribution in [3.05, 3.63) is 20.8 Å². The van der Waals surface area contributed by atoms with Crippen LogP contribution in [0, 0.1) is 0 Å². The summed E-state index contributed by atoms with van der Waals surface area (Å²) in [6.45, 7) is 2.63. The lowest BCUT2D eigenvalue weighted by Gasteiger charge is -2.17. The molecule has 0 bridgehead atoms. The van der Waals surface area contributed by atoms with Gasteiger partial charge in [0.15, 0.2) is 5.96 Å². The fourth-order valence-corrected chi connectivity index (χ4v) is 3.68. The van der Waals surface area contributed by atoms with E-state index < -0.39 is 9.84 Å². The van der Waals surface area contributed by atoms with E-state index in [9.17, 15) is 8.42 Å². The van der Waals surface area contributed by atoms with Crippen molar-refractivity contribution in [2.75, 3.05) is 19.1 Å². The van der Waals surface area contributed by atoms with E-state index in [-0.39, 0.29) is 35.8 Å². The topological polar surface area (TPSA) is 70.6 Å². The van der Waals surface area contributed by atoms with Crippen LogP contribution < -0.4 is 10.6 Å². The predicted molar refractivity (Wildman–Crippen MR) is 105 cm³/mol. The number of hydrogen-bond acceptors (Lipinski definition) is 4. The molecule has 2 N–H and O–H groups in total. The Morgan fingerprint density at radius 2 is 2.19 bits per heavy atom. The van der Waals surface area contributed by atoms with Gasteiger partial charge in [0.1, 0.15) is 9.84 Å². The second-order valence-corrected chi connectivity index (χ2v) is 8.79. The Morgan fingerprint density at radius 3 is 2.67 bits per heavy atom. The van der Waals surface area contributed by atoms with Crippen LogP contribution in [0.2, 0.25) is 0 Å². The molecule has 0 aliphatic heterocycles. The van der Waals surface area contributed by atoms with Gasteiger partial charge >= 0.3 is 0 Å². The maximum Gasteiger partial charge on any atom is 0.191 e. The van der Waals surface area contributed by atoms with Gasteiger partial charge in [0.25, 0.3) is 0 Å². The van der Waals surface area contributed by atoms with Gasteiger partial charge in [-0.2, -0.15) is 0 Å². The van der Waals surface area contributed by atoms with Crippen LogP contribution in [0.15, 0.2) is 20.9 Å². The molecule has 21 heavy (non-hydrogen) atoms. The Kier molecular flexibility index (Phi) is 10.1. The Hall–Kier alpha value is 0.130. The summed E-state index contributed by atoms with van der Waals surface area (Å²) in [6.07, 6.45) is 1.81. The number of thiophene rings is 1. The summed E-state index contributed by atoms with van der Waals surface area (Å²) in [6, 6.07) is 2.10. The molecule has 1 aromatic heterocycles. The van der Waals surface area contributed by atoms with Gasteiger partial charge < -0.3 is 10.6 Å². The Bertz CT molecular complexity index is 561. The van der Waals surface area contributed by atoms with E-state index in [1.807, 2.05) is 12.3 Å². The summed E-state index contributed by atoms with van der Waals surface area (Å²) < 4.78 is 23.3. The molecule has 0 radical (unpaired) electrons. The van der Waals surface area contributed by atoms with Crippen LogP contribution in [0.5, 0.6) is 0 Å². The van der Waals surface area contributed by atoms with Crippen LogP contribution >= 0.6 is 51.2 Å². The van der Waals surface area contributed by atoms with E-state index in [1.165, 1.54) is 11.1 Å². The van der Waals surface area contributed by atoms with E-state index in [1.54, 1.807) is 18.4 Å². The van der Waals surface area contributed by atoms with Crippen molar-refractivity contribution in [3.8, 4) is 0 Å². The standard InChI is InChI=1S/C12H20BrN3O2S2.HI/c1-9(4-5-20(3,17)18)16-12(14-2)15-7-11-6-10(13)8-19-11;/h6,8-9H,4-5,7H2,1-3H3,(H2,14,15,16);1H. The largest absolute Gasteiger partial charge is 0.354 e. The molecule has 0 aliphatic carbocycles. The lowest BCUT2D eigenvalue weighted by Crippen LogP contribution is -2.42. The predicted octanol–water partition coefficient (Wildman–Crippen LogP) is 2.62. The molecule has 122 valence electrons. The maximum absolute atomic E-state index is 11.1. The first kappa shape index (κ1) is 21.1. The molecule has 1 heterocycles. The van der Waals surface area contributed by atoms with Crippen molar-refractivity contribution < 1.29 is 8.42 Å². The summed E-state index contributed by atoms with van der Waals surface area (Å²) in [5.41, 5.74) is 0. The highest BCUT2D eigenvalue weighted by Gasteiger charge is 2.09. The number of aliphatic imine (C=N–C) groups is 1. The minimum Gasteiger partial charge on any atom is -0.354 e. The minimum atomic E-state index is -2.92. The summed E-state index contributed by atoms with van der Waals surface area (Å²) in [5.74, 6) is 0.853. The van der Waals surface area contributed by atoms with Crippen molar-refractivity contribution in [1.29, 1.82) is 0 Å². The van der Waals surface area contributed by atoms with Gasteiger partial charge in [0.05, 0.1) is 12.3 Å². The van der Waals surface area contributed by atoms with Crippen molar-refractivity contribution in [2.45, 2.75) is 25.9 Å². The lowest BCUT2D eigenvalue weighted by molar-refractivity contribution is 0.581.